The second kappa shape index (κ2) is 8.48. The molecule has 1 aliphatic rings. The molecule has 0 saturated carbocycles. The van der Waals surface area contributed by atoms with E-state index in [-0.39, 0.29) is 24.3 Å². The third-order valence-corrected chi connectivity index (χ3v) is 7.77. The number of carbonyl (C=O) groups is 2. The highest BCUT2D eigenvalue weighted by atomic mass is 32.1. The quantitative estimate of drug-likeness (QED) is 0.472. The van der Waals surface area contributed by atoms with E-state index in [9.17, 15) is 9.59 Å². The Morgan fingerprint density at radius 1 is 1.29 bits per heavy atom. The van der Waals surface area contributed by atoms with Crippen molar-refractivity contribution in [2.75, 3.05) is 25.0 Å². The van der Waals surface area contributed by atoms with Gasteiger partial charge >= 0.3 is 0 Å². The molecule has 0 radical (unpaired) electrons. The first-order valence-electron chi connectivity index (χ1n) is 9.83. The van der Waals surface area contributed by atoms with Crippen LogP contribution in [0.4, 0.5) is 5.13 Å². The molecule has 8 nitrogen and oxygen atoms in total. The third kappa shape index (κ3) is 4.12. The van der Waals surface area contributed by atoms with Gasteiger partial charge in [0.15, 0.2) is 6.61 Å². The van der Waals surface area contributed by atoms with Crippen molar-refractivity contribution in [1.82, 2.24) is 20.1 Å². The number of anilines is 1. The topological polar surface area (TPSA) is 97.3 Å². The van der Waals surface area contributed by atoms with E-state index in [2.05, 4.69) is 20.5 Å². The van der Waals surface area contributed by atoms with Gasteiger partial charge in [-0.25, -0.2) is 4.98 Å². The van der Waals surface area contributed by atoms with Crippen molar-refractivity contribution < 1.29 is 14.3 Å². The maximum Gasteiger partial charge on any atom is 0.260 e. The van der Waals surface area contributed by atoms with E-state index in [1.165, 1.54) is 11.3 Å². The van der Waals surface area contributed by atoms with Gasteiger partial charge < -0.3 is 15.0 Å². The minimum atomic E-state index is -0.128. The zero-order chi connectivity index (χ0) is 21.4. The summed E-state index contributed by atoms with van der Waals surface area (Å²) in [6.07, 6.45) is 1.24. The van der Waals surface area contributed by atoms with Crippen LogP contribution < -0.4 is 10.1 Å². The van der Waals surface area contributed by atoms with Crippen molar-refractivity contribution in [3.05, 3.63) is 28.0 Å². The largest absolute Gasteiger partial charge is 0.483 e. The smallest absolute Gasteiger partial charge is 0.260 e. The summed E-state index contributed by atoms with van der Waals surface area (Å²) in [6, 6.07) is 3.99. The molecule has 3 aromatic heterocycles. The number of fused-ring (bicyclic) bond motifs is 3. The average molecular weight is 474 g/mol. The van der Waals surface area contributed by atoms with Gasteiger partial charge in [0.2, 0.25) is 11.0 Å². The normalized spacial score (nSPS) is 14.9. The number of carbonyl (C=O) groups excluding carboxylic acids is 2. The monoisotopic (exact) mass is 473 g/mol. The van der Waals surface area contributed by atoms with E-state index < -0.39 is 0 Å². The second-order valence-electron chi connectivity index (χ2n) is 7.29. The number of hydrogen-bond donors (Lipinski definition) is 1. The molecule has 0 spiro atoms. The number of piperidine rings is 1. The Morgan fingerprint density at radius 2 is 2.13 bits per heavy atom. The second-order valence-corrected chi connectivity index (χ2v) is 10.3. The number of amides is 2. The third-order valence-electron chi connectivity index (χ3n) is 5.33. The van der Waals surface area contributed by atoms with Crippen molar-refractivity contribution in [2.45, 2.75) is 19.8 Å². The molecule has 2 amide bonds. The molecule has 1 aliphatic heterocycles. The lowest BCUT2D eigenvalue weighted by Gasteiger charge is -2.31. The number of nitrogens with one attached hydrogen (secondary N) is 1. The summed E-state index contributed by atoms with van der Waals surface area (Å²) in [4.78, 5) is 31.5. The van der Waals surface area contributed by atoms with Crippen LogP contribution in [0.2, 0.25) is 0 Å². The van der Waals surface area contributed by atoms with E-state index in [0.717, 1.165) is 25.3 Å². The zero-order valence-electron chi connectivity index (χ0n) is 16.7. The summed E-state index contributed by atoms with van der Waals surface area (Å²) >= 11 is 4.55. The molecule has 1 saturated heterocycles. The van der Waals surface area contributed by atoms with E-state index in [1.54, 1.807) is 33.1 Å². The number of ether oxygens (including phenoxy) is 1. The summed E-state index contributed by atoms with van der Waals surface area (Å²) in [7, 11) is 0. The summed E-state index contributed by atoms with van der Waals surface area (Å²) < 4.78 is 8.11. The number of hydrogen-bond acceptors (Lipinski definition) is 9. The van der Waals surface area contributed by atoms with Crippen LogP contribution in [-0.4, -0.2) is 51.6 Å². The van der Waals surface area contributed by atoms with Crippen molar-refractivity contribution >= 4 is 71.3 Å². The molecule has 31 heavy (non-hydrogen) atoms. The highest BCUT2D eigenvalue weighted by Gasteiger charge is 2.28. The van der Waals surface area contributed by atoms with Crippen molar-refractivity contribution in [3.63, 3.8) is 0 Å². The first-order chi connectivity index (χ1) is 15.1. The Balaban J connectivity index is 1.20. The van der Waals surface area contributed by atoms with Gasteiger partial charge in [0, 0.05) is 30.5 Å². The molecule has 0 unspecified atom stereocenters. The Morgan fingerprint density at radius 3 is 2.90 bits per heavy atom. The maximum absolute atomic E-state index is 12.7. The zero-order valence-corrected chi connectivity index (χ0v) is 19.1. The Kier molecular flexibility index (Phi) is 5.55. The number of thiazole rings is 1. The first-order valence-corrected chi connectivity index (χ1v) is 12.4. The minimum Gasteiger partial charge on any atom is -0.483 e. The van der Waals surface area contributed by atoms with Crippen molar-refractivity contribution in [2.24, 2.45) is 5.92 Å². The van der Waals surface area contributed by atoms with Crippen LogP contribution in [0.25, 0.3) is 20.3 Å². The fourth-order valence-corrected chi connectivity index (χ4v) is 6.04. The highest BCUT2D eigenvalue weighted by molar-refractivity contribution is 7.21. The fraction of sp³-hybridized carbons (Fsp3) is 0.350. The number of nitrogens with zero attached hydrogens (tertiary/aromatic N) is 4. The lowest BCUT2D eigenvalue weighted by atomic mass is 9.96. The number of aryl methyl sites for hydroxylation is 1. The molecule has 0 aliphatic carbocycles. The Hall–Kier alpha value is -2.63. The molecule has 0 bridgehead atoms. The molecule has 160 valence electrons. The van der Waals surface area contributed by atoms with Gasteiger partial charge in [0.05, 0.1) is 19.9 Å². The Labute approximate surface area is 189 Å². The predicted molar refractivity (Wildman–Crippen MR) is 123 cm³/mol. The van der Waals surface area contributed by atoms with Gasteiger partial charge in [0.25, 0.3) is 5.91 Å². The Bertz CT molecular complexity index is 1240. The number of aromatic nitrogens is 3. The molecular formula is C20H19N5O3S3. The van der Waals surface area contributed by atoms with Crippen molar-refractivity contribution in [3.8, 4) is 5.75 Å². The SMILES string of the molecule is Cc1nc2c(cc(OCC(=O)N3CCC(C(=O)Nc4nncs4)CC3)c3ccsc32)s1. The van der Waals surface area contributed by atoms with Crippen LogP contribution in [-0.2, 0) is 9.59 Å². The van der Waals surface area contributed by atoms with Crippen LogP contribution in [0, 0.1) is 12.8 Å². The molecule has 1 fully saturated rings. The molecule has 0 atom stereocenters. The molecule has 4 heterocycles. The number of thiophene rings is 1. The minimum absolute atomic E-state index is 0.0180. The van der Waals surface area contributed by atoms with E-state index in [1.807, 2.05) is 24.4 Å². The number of benzene rings is 1. The van der Waals surface area contributed by atoms with E-state index >= 15 is 0 Å². The van der Waals surface area contributed by atoms with Crippen LogP contribution in [0.1, 0.15) is 17.8 Å². The van der Waals surface area contributed by atoms with Crippen LogP contribution in [0.5, 0.6) is 5.75 Å². The van der Waals surface area contributed by atoms with Crippen molar-refractivity contribution in [1.29, 1.82) is 0 Å². The molecule has 11 heteroatoms. The van der Waals surface area contributed by atoms with Crippen LogP contribution >= 0.6 is 34.0 Å². The molecule has 1 N–H and O–H groups in total. The van der Waals surface area contributed by atoms with Crippen LogP contribution in [0.3, 0.4) is 0 Å². The van der Waals surface area contributed by atoms with Gasteiger partial charge in [-0.3, -0.25) is 9.59 Å². The maximum atomic E-state index is 12.7. The predicted octanol–water partition coefficient (Wildman–Crippen LogP) is 3.93. The van der Waals surface area contributed by atoms with Gasteiger partial charge in [-0.2, -0.15) is 0 Å². The van der Waals surface area contributed by atoms with Gasteiger partial charge in [0.1, 0.15) is 11.3 Å². The summed E-state index contributed by atoms with van der Waals surface area (Å²) in [6.45, 7) is 3.05. The number of likely N-dealkylation sites (tertiary alicyclic amines) is 1. The van der Waals surface area contributed by atoms with Crippen LogP contribution in [0.15, 0.2) is 23.0 Å². The lowest BCUT2D eigenvalue weighted by Crippen LogP contribution is -2.43. The lowest BCUT2D eigenvalue weighted by molar-refractivity contribution is -0.136. The van der Waals surface area contributed by atoms with Gasteiger partial charge in [-0.1, -0.05) is 11.3 Å². The fourth-order valence-electron chi connectivity index (χ4n) is 3.76. The highest BCUT2D eigenvalue weighted by Crippen LogP contribution is 2.38. The standard InChI is InChI=1S/C20H19N5O3S3/c1-11-22-17-15(31-11)8-14(13-4-7-29-18(13)17)28-9-16(26)25-5-2-12(3-6-25)19(27)23-20-24-21-10-30-20/h4,7-8,10,12H,2-3,5-6,9H2,1H3,(H,23,24,27). The average Bonchev–Trinajstić information content (AvgIpc) is 3.52. The summed E-state index contributed by atoms with van der Waals surface area (Å²) in [5, 5.41) is 14.9. The van der Waals surface area contributed by atoms with E-state index in [4.69, 9.17) is 4.74 Å². The summed E-state index contributed by atoms with van der Waals surface area (Å²) in [5.74, 6) is 0.461. The van der Waals surface area contributed by atoms with Gasteiger partial charge in [-0.15, -0.1) is 32.9 Å². The molecule has 4 aromatic rings. The number of rotatable bonds is 5. The van der Waals surface area contributed by atoms with Gasteiger partial charge in [-0.05, 0) is 31.2 Å². The first kappa shape index (κ1) is 20.3. The summed E-state index contributed by atoms with van der Waals surface area (Å²) in [5.41, 5.74) is 2.58. The molecule has 1 aromatic carbocycles. The molecular weight excluding hydrogens is 454 g/mol. The van der Waals surface area contributed by atoms with E-state index in [0.29, 0.717) is 36.8 Å². The molecule has 5 rings (SSSR count).